The number of benzene rings is 2. The Morgan fingerprint density at radius 2 is 1.58 bits per heavy atom. The third-order valence-electron chi connectivity index (χ3n) is 4.46. The topological polar surface area (TPSA) is 51.0 Å². The summed E-state index contributed by atoms with van der Waals surface area (Å²) in [4.78, 5) is 14.3. The van der Waals surface area contributed by atoms with Gasteiger partial charge < -0.3 is 4.90 Å². The molecule has 0 saturated carbocycles. The largest absolute Gasteiger partial charge is 0.342 e. The van der Waals surface area contributed by atoms with Gasteiger partial charge in [-0.2, -0.15) is 0 Å². The standard InChI is InChI=1S/C20H20N4OS/c25-18(23-13-7-8-14-23)15-26-20-22-21-19(16-9-3-1-4-10-16)24(20)17-11-5-2-6-12-17/h1-6,9-12H,7-8,13-15H2. The molecule has 1 fully saturated rings. The highest BCUT2D eigenvalue weighted by Crippen LogP contribution is 2.28. The number of likely N-dealkylation sites (tertiary alicyclic amines) is 1. The van der Waals surface area contributed by atoms with Gasteiger partial charge in [-0.05, 0) is 25.0 Å². The number of aromatic nitrogens is 3. The number of thioether (sulfide) groups is 1. The summed E-state index contributed by atoms with van der Waals surface area (Å²) >= 11 is 1.45. The average Bonchev–Trinajstić information content (AvgIpc) is 3.37. The van der Waals surface area contributed by atoms with Gasteiger partial charge in [-0.1, -0.05) is 60.3 Å². The van der Waals surface area contributed by atoms with E-state index in [-0.39, 0.29) is 5.91 Å². The molecule has 5 nitrogen and oxygen atoms in total. The second kappa shape index (κ2) is 7.74. The van der Waals surface area contributed by atoms with Gasteiger partial charge in [0.25, 0.3) is 0 Å². The van der Waals surface area contributed by atoms with Gasteiger partial charge in [-0.15, -0.1) is 10.2 Å². The van der Waals surface area contributed by atoms with Crippen molar-refractivity contribution in [2.24, 2.45) is 0 Å². The van der Waals surface area contributed by atoms with Gasteiger partial charge >= 0.3 is 0 Å². The Labute approximate surface area is 157 Å². The fourth-order valence-corrected chi connectivity index (χ4v) is 3.99. The normalized spacial score (nSPS) is 13.9. The van der Waals surface area contributed by atoms with Crippen LogP contribution in [0.4, 0.5) is 0 Å². The summed E-state index contributed by atoms with van der Waals surface area (Å²) in [6.07, 6.45) is 2.21. The molecule has 3 aromatic rings. The fourth-order valence-electron chi connectivity index (χ4n) is 3.13. The molecule has 0 bridgehead atoms. The van der Waals surface area contributed by atoms with Crippen molar-refractivity contribution in [3.8, 4) is 17.1 Å². The fraction of sp³-hybridized carbons (Fsp3) is 0.250. The quantitative estimate of drug-likeness (QED) is 0.649. The third-order valence-corrected chi connectivity index (χ3v) is 5.38. The highest BCUT2D eigenvalue weighted by Gasteiger charge is 2.21. The summed E-state index contributed by atoms with van der Waals surface area (Å²) in [5.74, 6) is 1.35. The van der Waals surface area contributed by atoms with Crippen LogP contribution in [-0.4, -0.2) is 44.4 Å². The van der Waals surface area contributed by atoms with Crippen LogP contribution in [0.15, 0.2) is 65.8 Å². The molecule has 1 saturated heterocycles. The van der Waals surface area contributed by atoms with Crippen LogP contribution in [0.25, 0.3) is 17.1 Å². The van der Waals surface area contributed by atoms with Crippen molar-refractivity contribution >= 4 is 17.7 Å². The van der Waals surface area contributed by atoms with E-state index in [1.165, 1.54) is 11.8 Å². The molecule has 26 heavy (non-hydrogen) atoms. The maximum Gasteiger partial charge on any atom is 0.233 e. The first-order chi connectivity index (χ1) is 12.8. The zero-order valence-corrected chi connectivity index (χ0v) is 15.2. The molecule has 1 amide bonds. The molecule has 2 aromatic carbocycles. The zero-order chi connectivity index (χ0) is 17.8. The maximum atomic E-state index is 12.4. The van der Waals surface area contributed by atoms with Gasteiger partial charge in [0.05, 0.1) is 5.75 Å². The van der Waals surface area contributed by atoms with Gasteiger partial charge in [0, 0.05) is 24.3 Å². The third kappa shape index (κ3) is 3.51. The smallest absolute Gasteiger partial charge is 0.233 e. The SMILES string of the molecule is O=C(CSc1nnc(-c2ccccc2)n1-c1ccccc1)N1CCCC1. The lowest BCUT2D eigenvalue weighted by molar-refractivity contribution is -0.127. The Morgan fingerprint density at radius 1 is 0.923 bits per heavy atom. The van der Waals surface area contributed by atoms with Crippen LogP contribution in [-0.2, 0) is 4.79 Å². The van der Waals surface area contributed by atoms with Crippen LogP contribution in [0, 0.1) is 0 Å². The minimum Gasteiger partial charge on any atom is -0.342 e. The molecule has 1 aliphatic rings. The van der Waals surface area contributed by atoms with Gasteiger partial charge in [0.2, 0.25) is 5.91 Å². The van der Waals surface area contributed by atoms with Crippen LogP contribution in [0.1, 0.15) is 12.8 Å². The number of amides is 1. The van der Waals surface area contributed by atoms with E-state index in [9.17, 15) is 4.79 Å². The average molecular weight is 364 g/mol. The van der Waals surface area contributed by atoms with Gasteiger partial charge in [-0.25, -0.2) is 0 Å². The van der Waals surface area contributed by atoms with Crippen molar-refractivity contribution in [2.45, 2.75) is 18.0 Å². The van der Waals surface area contributed by atoms with Crippen molar-refractivity contribution in [1.82, 2.24) is 19.7 Å². The molecule has 0 radical (unpaired) electrons. The number of nitrogens with zero attached hydrogens (tertiary/aromatic N) is 4. The van der Waals surface area contributed by atoms with Gasteiger partial charge in [0.15, 0.2) is 11.0 Å². The second-order valence-corrected chi connectivity index (χ2v) is 7.16. The van der Waals surface area contributed by atoms with E-state index in [4.69, 9.17) is 0 Å². The van der Waals surface area contributed by atoms with E-state index >= 15 is 0 Å². The molecular weight excluding hydrogens is 344 g/mol. The number of hydrogen-bond acceptors (Lipinski definition) is 4. The Morgan fingerprint density at radius 3 is 2.27 bits per heavy atom. The van der Waals surface area contributed by atoms with Crippen molar-refractivity contribution in [3.05, 3.63) is 60.7 Å². The Hall–Kier alpha value is -2.60. The highest BCUT2D eigenvalue weighted by molar-refractivity contribution is 7.99. The van der Waals surface area contributed by atoms with Crippen LogP contribution < -0.4 is 0 Å². The molecule has 0 spiro atoms. The van der Waals surface area contributed by atoms with E-state index in [0.717, 1.165) is 48.2 Å². The number of carbonyl (C=O) groups is 1. The summed E-state index contributed by atoms with van der Waals surface area (Å²) < 4.78 is 2.03. The summed E-state index contributed by atoms with van der Waals surface area (Å²) in [6.45, 7) is 1.75. The minimum absolute atomic E-state index is 0.177. The van der Waals surface area contributed by atoms with Crippen LogP contribution in [0.5, 0.6) is 0 Å². The van der Waals surface area contributed by atoms with Crippen molar-refractivity contribution in [3.63, 3.8) is 0 Å². The molecule has 1 aliphatic heterocycles. The Bertz CT molecular complexity index is 873. The summed E-state index contributed by atoms with van der Waals surface area (Å²) in [7, 11) is 0. The summed E-state index contributed by atoms with van der Waals surface area (Å²) in [6, 6.07) is 20.0. The number of rotatable bonds is 5. The molecule has 4 rings (SSSR count). The minimum atomic E-state index is 0.177. The summed E-state index contributed by atoms with van der Waals surface area (Å²) in [5, 5.41) is 9.52. The first-order valence-electron chi connectivity index (χ1n) is 8.80. The van der Waals surface area contributed by atoms with E-state index in [1.807, 2.05) is 70.1 Å². The second-order valence-electron chi connectivity index (χ2n) is 6.22. The molecule has 6 heteroatoms. The van der Waals surface area contributed by atoms with Crippen molar-refractivity contribution in [2.75, 3.05) is 18.8 Å². The monoisotopic (exact) mass is 364 g/mol. The highest BCUT2D eigenvalue weighted by atomic mass is 32.2. The lowest BCUT2D eigenvalue weighted by Crippen LogP contribution is -2.29. The number of hydrogen-bond donors (Lipinski definition) is 0. The Kier molecular flexibility index (Phi) is 5.02. The first-order valence-corrected chi connectivity index (χ1v) is 9.78. The van der Waals surface area contributed by atoms with E-state index in [1.54, 1.807) is 0 Å². The zero-order valence-electron chi connectivity index (χ0n) is 14.4. The maximum absolute atomic E-state index is 12.4. The first kappa shape index (κ1) is 16.8. The number of carbonyl (C=O) groups excluding carboxylic acids is 1. The van der Waals surface area contributed by atoms with Crippen LogP contribution in [0.3, 0.4) is 0 Å². The van der Waals surface area contributed by atoms with Crippen LogP contribution >= 0.6 is 11.8 Å². The molecule has 0 N–H and O–H groups in total. The molecule has 0 atom stereocenters. The van der Waals surface area contributed by atoms with E-state index in [2.05, 4.69) is 10.2 Å². The lowest BCUT2D eigenvalue weighted by Gasteiger charge is -2.15. The Balaban J connectivity index is 1.64. The predicted molar refractivity (Wildman–Crippen MR) is 103 cm³/mol. The van der Waals surface area contributed by atoms with Crippen LogP contribution in [0.2, 0.25) is 0 Å². The molecular formula is C20H20N4OS. The van der Waals surface area contributed by atoms with Gasteiger partial charge in [0.1, 0.15) is 0 Å². The molecule has 132 valence electrons. The molecule has 2 heterocycles. The van der Waals surface area contributed by atoms with Crippen molar-refractivity contribution < 1.29 is 4.79 Å². The molecule has 1 aromatic heterocycles. The lowest BCUT2D eigenvalue weighted by atomic mass is 10.2. The van der Waals surface area contributed by atoms with E-state index in [0.29, 0.717) is 5.75 Å². The van der Waals surface area contributed by atoms with E-state index < -0.39 is 0 Å². The van der Waals surface area contributed by atoms with Gasteiger partial charge in [-0.3, -0.25) is 9.36 Å². The molecule has 0 unspecified atom stereocenters. The van der Waals surface area contributed by atoms with Crippen molar-refractivity contribution in [1.29, 1.82) is 0 Å². The predicted octanol–water partition coefficient (Wildman–Crippen LogP) is 3.65. The molecule has 0 aliphatic carbocycles. The summed E-state index contributed by atoms with van der Waals surface area (Å²) in [5.41, 5.74) is 1.99. The number of para-hydroxylation sites is 1.